The van der Waals surface area contributed by atoms with Crippen molar-refractivity contribution in [2.45, 2.75) is 70.5 Å². The number of carbonyl (C=O) groups is 2. The summed E-state index contributed by atoms with van der Waals surface area (Å²) >= 11 is 6.22. The second kappa shape index (κ2) is 13.8. The van der Waals surface area contributed by atoms with Gasteiger partial charge in [-0.25, -0.2) is 8.42 Å². The van der Waals surface area contributed by atoms with Gasteiger partial charge < -0.3 is 15.0 Å². The summed E-state index contributed by atoms with van der Waals surface area (Å²) in [5.74, 6) is 0.0734. The van der Waals surface area contributed by atoms with Gasteiger partial charge in [0.05, 0.1) is 24.1 Å². The van der Waals surface area contributed by atoms with E-state index in [9.17, 15) is 18.0 Å². The molecule has 10 heteroatoms. The lowest BCUT2D eigenvalue weighted by atomic mass is 9.95. The summed E-state index contributed by atoms with van der Waals surface area (Å²) < 4.78 is 31.5. The lowest BCUT2D eigenvalue weighted by Gasteiger charge is -2.31. The predicted molar refractivity (Wildman–Crippen MR) is 151 cm³/mol. The Bertz CT molecular complexity index is 1190. The lowest BCUT2D eigenvalue weighted by molar-refractivity contribution is -0.141. The zero-order chi connectivity index (χ0) is 27.7. The summed E-state index contributed by atoms with van der Waals surface area (Å²) in [6, 6.07) is 13.8. The van der Waals surface area contributed by atoms with Crippen LogP contribution in [0.4, 0.5) is 5.69 Å². The maximum Gasteiger partial charge on any atom is 0.242 e. The summed E-state index contributed by atoms with van der Waals surface area (Å²) in [6.45, 7) is 2.14. The zero-order valence-corrected chi connectivity index (χ0v) is 23.9. The molecule has 1 fully saturated rings. The Morgan fingerprint density at radius 2 is 1.79 bits per heavy atom. The Balaban J connectivity index is 1.70. The van der Waals surface area contributed by atoms with Gasteiger partial charge in [-0.3, -0.25) is 13.9 Å². The molecule has 0 spiro atoms. The number of methoxy groups -OCH3 is 1. The molecule has 208 valence electrons. The van der Waals surface area contributed by atoms with Crippen molar-refractivity contribution in [3.05, 3.63) is 59.1 Å². The highest BCUT2D eigenvalue weighted by atomic mass is 35.5. The number of sulfonamides is 1. The molecule has 0 bridgehead atoms. The molecule has 1 saturated carbocycles. The van der Waals surface area contributed by atoms with Crippen molar-refractivity contribution >= 4 is 39.1 Å². The molecule has 8 nitrogen and oxygen atoms in total. The standard InChI is InChI=1S/C28H38ClN3O5S/c1-21(28(34)30-23-13-8-5-9-14-23)31(20-22-11-6-4-7-12-22)27(33)15-10-18-32(38(3,35)36)24-16-17-26(37-2)25(29)19-24/h4,6-7,11-12,16-17,19,21,23H,5,8-10,13-15,18,20H2,1-3H3,(H,30,34). The van der Waals surface area contributed by atoms with Crippen LogP contribution in [0.5, 0.6) is 5.75 Å². The molecule has 0 aromatic heterocycles. The Morgan fingerprint density at radius 1 is 1.11 bits per heavy atom. The molecule has 0 aliphatic heterocycles. The maximum absolute atomic E-state index is 13.4. The van der Waals surface area contributed by atoms with E-state index in [1.54, 1.807) is 24.0 Å². The number of halogens is 1. The molecule has 2 aromatic carbocycles. The van der Waals surface area contributed by atoms with E-state index in [2.05, 4.69) is 5.32 Å². The molecule has 2 aromatic rings. The molecular weight excluding hydrogens is 526 g/mol. The van der Waals surface area contributed by atoms with Crippen molar-refractivity contribution in [2.75, 3.05) is 24.2 Å². The molecular formula is C28H38ClN3O5S. The Labute approximate surface area is 231 Å². The summed E-state index contributed by atoms with van der Waals surface area (Å²) in [5, 5.41) is 3.42. The third-order valence-corrected chi connectivity index (χ3v) is 8.38. The van der Waals surface area contributed by atoms with Crippen LogP contribution in [-0.4, -0.2) is 57.1 Å². The molecule has 0 saturated heterocycles. The van der Waals surface area contributed by atoms with Crippen LogP contribution in [0.3, 0.4) is 0 Å². The summed E-state index contributed by atoms with van der Waals surface area (Å²) in [5.41, 5.74) is 1.32. The minimum Gasteiger partial charge on any atom is -0.495 e. The number of benzene rings is 2. The molecule has 2 amide bonds. The maximum atomic E-state index is 13.4. The van der Waals surface area contributed by atoms with Crippen LogP contribution >= 0.6 is 11.6 Å². The third-order valence-electron chi connectivity index (χ3n) is 6.89. The van der Waals surface area contributed by atoms with E-state index in [0.717, 1.165) is 37.5 Å². The smallest absolute Gasteiger partial charge is 0.242 e. The number of hydrogen-bond acceptors (Lipinski definition) is 5. The number of ether oxygens (including phenoxy) is 1. The number of nitrogens with one attached hydrogen (secondary N) is 1. The summed E-state index contributed by atoms with van der Waals surface area (Å²) in [6.07, 6.45) is 6.79. The van der Waals surface area contributed by atoms with Crippen molar-refractivity contribution in [3.63, 3.8) is 0 Å². The average molecular weight is 564 g/mol. The predicted octanol–water partition coefficient (Wildman–Crippen LogP) is 4.76. The van der Waals surface area contributed by atoms with Crippen LogP contribution < -0.4 is 14.4 Å². The van der Waals surface area contributed by atoms with Gasteiger partial charge in [0.2, 0.25) is 21.8 Å². The molecule has 3 rings (SSSR count). The Hall–Kier alpha value is -2.78. The third kappa shape index (κ3) is 8.36. The van der Waals surface area contributed by atoms with Crippen LogP contribution in [-0.2, 0) is 26.2 Å². The normalized spacial score (nSPS) is 14.9. The SMILES string of the molecule is COc1ccc(N(CCCC(=O)N(Cc2ccccc2)C(C)C(=O)NC2CCCCC2)S(C)(=O)=O)cc1Cl. The van der Waals surface area contributed by atoms with Gasteiger partial charge in [0.1, 0.15) is 11.8 Å². The molecule has 1 unspecified atom stereocenters. The largest absolute Gasteiger partial charge is 0.495 e. The lowest BCUT2D eigenvalue weighted by Crippen LogP contribution is -2.50. The molecule has 1 aliphatic rings. The minimum absolute atomic E-state index is 0.0871. The summed E-state index contributed by atoms with van der Waals surface area (Å²) in [7, 11) is -2.14. The number of amides is 2. The van der Waals surface area contributed by atoms with Gasteiger partial charge in [0.15, 0.2) is 0 Å². The van der Waals surface area contributed by atoms with Crippen LogP contribution in [0.15, 0.2) is 48.5 Å². The first-order valence-corrected chi connectivity index (χ1v) is 15.3. The molecule has 0 heterocycles. The second-order valence-corrected chi connectivity index (χ2v) is 12.1. The van der Waals surface area contributed by atoms with Gasteiger partial charge >= 0.3 is 0 Å². The van der Waals surface area contributed by atoms with Gasteiger partial charge in [0.25, 0.3) is 0 Å². The Morgan fingerprint density at radius 3 is 2.39 bits per heavy atom. The van der Waals surface area contributed by atoms with Gasteiger partial charge in [-0.05, 0) is 49.9 Å². The number of anilines is 1. The first-order valence-electron chi connectivity index (χ1n) is 13.0. The van der Waals surface area contributed by atoms with Crippen LogP contribution in [0, 0.1) is 0 Å². The molecule has 1 N–H and O–H groups in total. The fourth-order valence-electron chi connectivity index (χ4n) is 4.75. The number of nitrogens with zero attached hydrogens (tertiary/aromatic N) is 2. The molecule has 1 atom stereocenters. The average Bonchev–Trinajstić information content (AvgIpc) is 2.89. The van der Waals surface area contributed by atoms with Gasteiger partial charge in [-0.2, -0.15) is 0 Å². The van der Waals surface area contributed by atoms with E-state index in [0.29, 0.717) is 23.0 Å². The van der Waals surface area contributed by atoms with E-state index >= 15 is 0 Å². The fourth-order valence-corrected chi connectivity index (χ4v) is 5.95. The first kappa shape index (κ1) is 29.8. The van der Waals surface area contributed by atoms with Gasteiger partial charge in [-0.15, -0.1) is 0 Å². The molecule has 0 radical (unpaired) electrons. The van der Waals surface area contributed by atoms with Gasteiger partial charge in [0, 0.05) is 25.6 Å². The number of rotatable bonds is 12. The summed E-state index contributed by atoms with van der Waals surface area (Å²) in [4.78, 5) is 28.1. The zero-order valence-electron chi connectivity index (χ0n) is 22.4. The van der Waals surface area contributed by atoms with Crippen molar-refractivity contribution in [2.24, 2.45) is 0 Å². The minimum atomic E-state index is -3.62. The fraction of sp³-hybridized carbons (Fsp3) is 0.500. The van der Waals surface area contributed by atoms with Crippen LogP contribution in [0.25, 0.3) is 0 Å². The van der Waals surface area contributed by atoms with E-state index < -0.39 is 16.1 Å². The monoisotopic (exact) mass is 563 g/mol. The van der Waals surface area contributed by atoms with Crippen molar-refractivity contribution < 1.29 is 22.7 Å². The topological polar surface area (TPSA) is 96.0 Å². The highest BCUT2D eigenvalue weighted by molar-refractivity contribution is 7.92. The van der Waals surface area contributed by atoms with E-state index in [4.69, 9.17) is 16.3 Å². The van der Waals surface area contributed by atoms with E-state index in [-0.39, 0.29) is 37.2 Å². The quantitative estimate of drug-likeness (QED) is 0.401. The van der Waals surface area contributed by atoms with Crippen molar-refractivity contribution in [3.8, 4) is 5.75 Å². The van der Waals surface area contributed by atoms with E-state index in [1.807, 2.05) is 30.3 Å². The highest BCUT2D eigenvalue weighted by Gasteiger charge is 2.28. The van der Waals surface area contributed by atoms with Crippen LogP contribution in [0.1, 0.15) is 57.4 Å². The molecule has 38 heavy (non-hydrogen) atoms. The first-order chi connectivity index (χ1) is 18.1. The number of carbonyl (C=O) groups excluding carboxylic acids is 2. The van der Waals surface area contributed by atoms with Crippen molar-refractivity contribution in [1.29, 1.82) is 0 Å². The Kier molecular flexibility index (Phi) is 10.8. The molecule has 1 aliphatic carbocycles. The number of hydrogen-bond donors (Lipinski definition) is 1. The van der Waals surface area contributed by atoms with Gasteiger partial charge in [-0.1, -0.05) is 61.2 Å². The van der Waals surface area contributed by atoms with Crippen LogP contribution in [0.2, 0.25) is 5.02 Å². The van der Waals surface area contributed by atoms with Crippen molar-refractivity contribution in [1.82, 2.24) is 10.2 Å². The highest BCUT2D eigenvalue weighted by Crippen LogP contribution is 2.30. The second-order valence-electron chi connectivity index (χ2n) is 9.78. The van der Waals surface area contributed by atoms with E-state index in [1.165, 1.54) is 23.9 Å².